The summed E-state index contributed by atoms with van der Waals surface area (Å²) in [6.45, 7) is 5.32. The van der Waals surface area contributed by atoms with Crippen LogP contribution in [-0.4, -0.2) is 57.0 Å². The van der Waals surface area contributed by atoms with Gasteiger partial charge in [-0.05, 0) is 45.2 Å². The first-order valence-electron chi connectivity index (χ1n) is 6.38. The maximum atomic E-state index is 11.2. The van der Waals surface area contributed by atoms with E-state index in [0.29, 0.717) is 12.5 Å². The van der Waals surface area contributed by atoms with Gasteiger partial charge in [-0.15, -0.1) is 0 Å². The average molecular weight is 264 g/mol. The maximum absolute atomic E-state index is 11.2. The van der Waals surface area contributed by atoms with Crippen LogP contribution < -0.4 is 4.72 Å². The summed E-state index contributed by atoms with van der Waals surface area (Å²) >= 11 is 0. The molecule has 0 amide bonds. The van der Waals surface area contributed by atoms with Crippen LogP contribution in [-0.2, 0) is 10.0 Å². The maximum Gasteiger partial charge on any atom is 0.211 e. The Morgan fingerprint density at radius 1 is 1.47 bits per heavy atom. The van der Waals surface area contributed by atoms with Crippen LogP contribution in [0, 0.1) is 5.92 Å². The number of sulfonamides is 1. The van der Waals surface area contributed by atoms with Crippen molar-refractivity contribution in [3.63, 3.8) is 0 Å². The summed E-state index contributed by atoms with van der Waals surface area (Å²) in [7, 11) is -3.05. The monoisotopic (exact) mass is 264 g/mol. The third kappa shape index (κ3) is 5.81. The Morgan fingerprint density at radius 3 is 2.88 bits per heavy atom. The zero-order valence-electron chi connectivity index (χ0n) is 10.6. The Balaban J connectivity index is 2.14. The molecule has 0 aliphatic carbocycles. The van der Waals surface area contributed by atoms with Crippen molar-refractivity contribution in [3.05, 3.63) is 0 Å². The van der Waals surface area contributed by atoms with Gasteiger partial charge in [0.2, 0.25) is 10.0 Å². The molecule has 17 heavy (non-hydrogen) atoms. The highest BCUT2D eigenvalue weighted by Gasteiger charge is 2.18. The number of hydrogen-bond acceptors (Lipinski definition) is 4. The Morgan fingerprint density at radius 2 is 2.24 bits per heavy atom. The van der Waals surface area contributed by atoms with E-state index in [1.807, 2.05) is 0 Å². The predicted molar refractivity (Wildman–Crippen MR) is 68.3 cm³/mol. The van der Waals surface area contributed by atoms with Crippen LogP contribution >= 0.6 is 0 Å². The number of aliphatic hydroxyl groups excluding tert-OH is 1. The predicted octanol–water partition coefficient (Wildman–Crippen LogP) is 0.0201. The number of nitrogens with one attached hydrogen (secondary N) is 1. The van der Waals surface area contributed by atoms with E-state index >= 15 is 0 Å². The molecule has 1 rings (SSSR count). The first-order valence-corrected chi connectivity index (χ1v) is 8.03. The van der Waals surface area contributed by atoms with Gasteiger partial charge in [-0.25, -0.2) is 13.1 Å². The Bertz CT molecular complexity index is 306. The van der Waals surface area contributed by atoms with Gasteiger partial charge in [0.15, 0.2) is 0 Å². The van der Waals surface area contributed by atoms with Crippen molar-refractivity contribution in [2.75, 3.05) is 38.5 Å². The first kappa shape index (κ1) is 14.9. The lowest BCUT2D eigenvalue weighted by Crippen LogP contribution is -2.38. The van der Waals surface area contributed by atoms with Crippen molar-refractivity contribution in [2.24, 2.45) is 5.92 Å². The highest BCUT2D eigenvalue weighted by atomic mass is 32.2. The fourth-order valence-electron chi connectivity index (χ4n) is 2.14. The molecule has 1 aliphatic rings. The smallest absolute Gasteiger partial charge is 0.211 e. The summed E-state index contributed by atoms with van der Waals surface area (Å²) in [5, 5.41) is 9.10. The van der Waals surface area contributed by atoms with Gasteiger partial charge >= 0.3 is 0 Å². The van der Waals surface area contributed by atoms with Gasteiger partial charge in [-0.3, -0.25) is 0 Å². The minimum atomic E-state index is -3.05. The summed E-state index contributed by atoms with van der Waals surface area (Å²) in [6.07, 6.45) is 3.07. The number of nitrogens with zero attached hydrogens (tertiary/aromatic N) is 1. The van der Waals surface area contributed by atoms with Crippen molar-refractivity contribution >= 4 is 10.0 Å². The number of aliphatic hydroxyl groups is 1. The lowest BCUT2D eigenvalue weighted by Gasteiger charge is -2.31. The van der Waals surface area contributed by atoms with Crippen molar-refractivity contribution in [1.29, 1.82) is 0 Å². The zero-order valence-corrected chi connectivity index (χ0v) is 11.4. The normalized spacial score (nSPS) is 22.8. The minimum Gasteiger partial charge on any atom is -0.396 e. The second kappa shape index (κ2) is 7.31. The largest absolute Gasteiger partial charge is 0.396 e. The summed E-state index contributed by atoms with van der Waals surface area (Å²) in [4.78, 5) is 2.31. The van der Waals surface area contributed by atoms with Crippen molar-refractivity contribution in [3.8, 4) is 0 Å². The summed E-state index contributed by atoms with van der Waals surface area (Å²) in [5.74, 6) is 0.541. The molecule has 0 aromatic heterocycles. The molecule has 2 N–H and O–H groups in total. The second-order valence-corrected chi connectivity index (χ2v) is 6.74. The van der Waals surface area contributed by atoms with E-state index in [-0.39, 0.29) is 12.4 Å². The SMILES string of the molecule is CCS(=O)(=O)NCCCN1CCCC(CO)C1. The van der Waals surface area contributed by atoms with Crippen LogP contribution in [0.5, 0.6) is 0 Å². The number of hydrogen-bond donors (Lipinski definition) is 2. The van der Waals surface area contributed by atoms with Crippen LogP contribution in [0.4, 0.5) is 0 Å². The molecule has 6 heteroatoms. The highest BCUT2D eigenvalue weighted by molar-refractivity contribution is 7.89. The van der Waals surface area contributed by atoms with Crippen LogP contribution in [0.25, 0.3) is 0 Å². The van der Waals surface area contributed by atoms with Crippen molar-refractivity contribution in [1.82, 2.24) is 9.62 Å². The van der Waals surface area contributed by atoms with E-state index in [1.165, 1.54) is 0 Å². The topological polar surface area (TPSA) is 69.6 Å². The number of rotatable bonds is 7. The molecule has 0 aromatic carbocycles. The molecule has 0 radical (unpaired) electrons. The quantitative estimate of drug-likeness (QED) is 0.636. The van der Waals surface area contributed by atoms with Crippen molar-refractivity contribution in [2.45, 2.75) is 26.2 Å². The van der Waals surface area contributed by atoms with Gasteiger partial charge in [0, 0.05) is 19.7 Å². The van der Waals surface area contributed by atoms with Gasteiger partial charge < -0.3 is 10.0 Å². The van der Waals surface area contributed by atoms with Gasteiger partial charge in [0.1, 0.15) is 0 Å². The third-order valence-electron chi connectivity index (χ3n) is 3.21. The van der Waals surface area contributed by atoms with Crippen LogP contribution in [0.15, 0.2) is 0 Å². The highest BCUT2D eigenvalue weighted by Crippen LogP contribution is 2.15. The molecule has 1 aliphatic heterocycles. The molecule has 102 valence electrons. The molecule has 1 unspecified atom stereocenters. The molecule has 1 fully saturated rings. The van der Waals surface area contributed by atoms with Gasteiger partial charge in [-0.1, -0.05) is 0 Å². The van der Waals surface area contributed by atoms with Crippen LogP contribution in [0.2, 0.25) is 0 Å². The number of likely N-dealkylation sites (tertiary alicyclic amines) is 1. The Hall–Kier alpha value is -0.170. The zero-order chi connectivity index (χ0) is 12.7. The van der Waals surface area contributed by atoms with Gasteiger partial charge in [0.25, 0.3) is 0 Å². The summed E-state index contributed by atoms with van der Waals surface area (Å²) in [6, 6.07) is 0. The van der Waals surface area contributed by atoms with E-state index in [1.54, 1.807) is 6.92 Å². The molecular formula is C11H24N2O3S. The molecule has 0 spiro atoms. The molecule has 5 nitrogen and oxygen atoms in total. The fraction of sp³-hybridized carbons (Fsp3) is 1.00. The molecule has 0 aromatic rings. The first-order chi connectivity index (χ1) is 8.07. The lowest BCUT2D eigenvalue weighted by molar-refractivity contribution is 0.120. The van der Waals surface area contributed by atoms with E-state index in [4.69, 9.17) is 5.11 Å². The lowest BCUT2D eigenvalue weighted by atomic mass is 9.99. The summed E-state index contributed by atoms with van der Waals surface area (Å²) in [5.41, 5.74) is 0. The van der Waals surface area contributed by atoms with Crippen molar-refractivity contribution < 1.29 is 13.5 Å². The van der Waals surface area contributed by atoms with Crippen LogP contribution in [0.1, 0.15) is 26.2 Å². The van der Waals surface area contributed by atoms with E-state index in [9.17, 15) is 8.42 Å². The fourth-order valence-corrected chi connectivity index (χ4v) is 2.80. The second-order valence-electron chi connectivity index (χ2n) is 4.64. The van der Waals surface area contributed by atoms with Crippen LogP contribution in [0.3, 0.4) is 0 Å². The number of piperidine rings is 1. The molecule has 1 atom stereocenters. The third-order valence-corrected chi connectivity index (χ3v) is 4.62. The minimum absolute atomic E-state index is 0.142. The Labute approximate surface area is 104 Å². The Kier molecular flexibility index (Phi) is 6.40. The van der Waals surface area contributed by atoms with E-state index in [0.717, 1.165) is 38.9 Å². The molecule has 1 saturated heterocycles. The van der Waals surface area contributed by atoms with E-state index < -0.39 is 10.0 Å². The summed E-state index contributed by atoms with van der Waals surface area (Å²) < 4.78 is 25.0. The average Bonchev–Trinajstić information content (AvgIpc) is 2.35. The molecule has 0 saturated carbocycles. The van der Waals surface area contributed by atoms with Gasteiger partial charge in [-0.2, -0.15) is 0 Å². The molecular weight excluding hydrogens is 240 g/mol. The molecule has 1 heterocycles. The standard InChI is InChI=1S/C11H24N2O3S/c1-2-17(15,16)12-6-4-8-13-7-3-5-11(9-13)10-14/h11-12,14H,2-10H2,1H3. The molecule has 0 bridgehead atoms. The van der Waals surface area contributed by atoms with E-state index in [2.05, 4.69) is 9.62 Å². The van der Waals surface area contributed by atoms with Gasteiger partial charge in [0.05, 0.1) is 5.75 Å².